The molecule has 0 spiro atoms. The van der Waals surface area contributed by atoms with Gasteiger partial charge in [0.1, 0.15) is 12.2 Å². The van der Waals surface area contributed by atoms with Gasteiger partial charge in [0.05, 0.1) is 11.0 Å². The Balaban J connectivity index is 3.24. The van der Waals surface area contributed by atoms with Crippen molar-refractivity contribution in [3.05, 3.63) is 33.9 Å². The molecule has 0 aliphatic heterocycles. The zero-order chi connectivity index (χ0) is 15.5. The Hall–Kier alpha value is -1.83. The molecule has 20 heavy (non-hydrogen) atoms. The number of benzene rings is 1. The highest BCUT2D eigenvalue weighted by Gasteiger charge is 2.32. The lowest BCUT2D eigenvalue weighted by Crippen LogP contribution is -2.34. The van der Waals surface area contributed by atoms with Crippen LogP contribution < -0.4 is 4.90 Å². The van der Waals surface area contributed by atoms with Gasteiger partial charge in [-0.25, -0.2) is 0 Å². The van der Waals surface area contributed by atoms with E-state index in [1.165, 1.54) is 26.0 Å². The molecule has 0 fully saturated rings. The first-order chi connectivity index (χ1) is 9.15. The standard InChI is InChI=1S/C12H15F3N2O3/c1-3-16(7-12(13,14)15)10-5-4-9(8(2)18)6-11(10)17(19)20/h4-6,8,18H,3,7H2,1-2H3/t8-/m1/s1. The first kappa shape index (κ1) is 16.2. The summed E-state index contributed by atoms with van der Waals surface area (Å²) in [6.07, 6.45) is -5.38. The number of aliphatic hydroxyl groups is 1. The van der Waals surface area contributed by atoms with Gasteiger partial charge in [0.15, 0.2) is 0 Å². The average Bonchev–Trinajstić information content (AvgIpc) is 2.34. The molecular weight excluding hydrogens is 277 g/mol. The highest BCUT2D eigenvalue weighted by atomic mass is 19.4. The SMILES string of the molecule is CCN(CC(F)(F)F)c1ccc([C@@H](C)O)cc1[N+](=O)[O-]. The molecule has 1 aromatic carbocycles. The minimum absolute atomic E-state index is 0.0195. The summed E-state index contributed by atoms with van der Waals surface area (Å²) in [5.74, 6) is 0. The molecule has 0 bridgehead atoms. The van der Waals surface area contributed by atoms with Gasteiger partial charge in [0.2, 0.25) is 0 Å². The second kappa shape index (κ2) is 6.08. The summed E-state index contributed by atoms with van der Waals surface area (Å²) in [4.78, 5) is 11.1. The van der Waals surface area contributed by atoms with Crippen LogP contribution in [0.3, 0.4) is 0 Å². The monoisotopic (exact) mass is 292 g/mol. The van der Waals surface area contributed by atoms with Crippen molar-refractivity contribution >= 4 is 11.4 Å². The van der Waals surface area contributed by atoms with E-state index in [4.69, 9.17) is 0 Å². The fourth-order valence-corrected chi connectivity index (χ4v) is 1.80. The Morgan fingerprint density at radius 3 is 2.45 bits per heavy atom. The second-order valence-electron chi connectivity index (χ2n) is 4.31. The quantitative estimate of drug-likeness (QED) is 0.669. The lowest BCUT2D eigenvalue weighted by atomic mass is 10.1. The molecule has 1 atom stereocenters. The van der Waals surface area contributed by atoms with Gasteiger partial charge in [0, 0.05) is 12.6 Å². The third kappa shape index (κ3) is 4.09. The second-order valence-corrected chi connectivity index (χ2v) is 4.31. The van der Waals surface area contributed by atoms with E-state index in [0.29, 0.717) is 0 Å². The molecule has 1 rings (SSSR count). The number of nitrogens with zero attached hydrogens (tertiary/aromatic N) is 2. The summed E-state index contributed by atoms with van der Waals surface area (Å²) in [5.41, 5.74) is -0.280. The zero-order valence-corrected chi connectivity index (χ0v) is 11.0. The molecule has 0 aromatic heterocycles. The van der Waals surface area contributed by atoms with E-state index >= 15 is 0 Å². The largest absolute Gasteiger partial charge is 0.405 e. The van der Waals surface area contributed by atoms with E-state index in [0.717, 1.165) is 11.0 Å². The van der Waals surface area contributed by atoms with Gasteiger partial charge in [-0.2, -0.15) is 13.2 Å². The van der Waals surface area contributed by atoms with Crippen molar-refractivity contribution in [2.45, 2.75) is 26.1 Å². The van der Waals surface area contributed by atoms with Crippen LogP contribution in [0.15, 0.2) is 18.2 Å². The van der Waals surface area contributed by atoms with Crippen molar-refractivity contribution < 1.29 is 23.2 Å². The molecule has 0 aliphatic rings. The number of anilines is 1. The summed E-state index contributed by atoms with van der Waals surface area (Å²) in [6.45, 7) is 1.62. The van der Waals surface area contributed by atoms with Crippen molar-refractivity contribution in [2.24, 2.45) is 0 Å². The van der Waals surface area contributed by atoms with Crippen LogP contribution in [0.4, 0.5) is 24.5 Å². The summed E-state index contributed by atoms with van der Waals surface area (Å²) < 4.78 is 37.4. The van der Waals surface area contributed by atoms with Gasteiger partial charge in [0.25, 0.3) is 5.69 Å². The molecule has 8 heteroatoms. The predicted molar refractivity (Wildman–Crippen MR) is 67.7 cm³/mol. The molecule has 112 valence electrons. The Kier molecular flexibility index (Phi) is 4.93. The van der Waals surface area contributed by atoms with Crippen LogP contribution in [0.2, 0.25) is 0 Å². The fourth-order valence-electron chi connectivity index (χ4n) is 1.80. The van der Waals surface area contributed by atoms with Gasteiger partial charge in [-0.1, -0.05) is 6.07 Å². The molecule has 0 aliphatic carbocycles. The summed E-state index contributed by atoms with van der Waals surface area (Å²) >= 11 is 0. The Morgan fingerprint density at radius 2 is 2.05 bits per heavy atom. The zero-order valence-electron chi connectivity index (χ0n) is 11.0. The molecule has 1 N–H and O–H groups in total. The number of hydrogen-bond acceptors (Lipinski definition) is 4. The highest BCUT2D eigenvalue weighted by Crippen LogP contribution is 2.32. The van der Waals surface area contributed by atoms with Crippen LogP contribution in [0.25, 0.3) is 0 Å². The summed E-state index contributed by atoms with van der Waals surface area (Å²) in [6, 6.07) is 3.71. The molecule has 0 saturated heterocycles. The molecule has 0 heterocycles. The number of nitro benzene ring substituents is 1. The highest BCUT2D eigenvalue weighted by molar-refractivity contribution is 5.64. The van der Waals surface area contributed by atoms with Crippen LogP contribution in [0.5, 0.6) is 0 Å². The number of aliphatic hydroxyl groups excluding tert-OH is 1. The van der Waals surface area contributed by atoms with Crippen LogP contribution in [-0.4, -0.2) is 29.3 Å². The number of hydrogen-bond donors (Lipinski definition) is 1. The van der Waals surface area contributed by atoms with Crippen molar-refractivity contribution in [3.8, 4) is 0 Å². The van der Waals surface area contributed by atoms with E-state index in [1.54, 1.807) is 0 Å². The third-order valence-electron chi connectivity index (χ3n) is 2.77. The van der Waals surface area contributed by atoms with Crippen molar-refractivity contribution in [2.75, 3.05) is 18.0 Å². The van der Waals surface area contributed by atoms with Gasteiger partial charge in [-0.15, -0.1) is 0 Å². The number of halogens is 3. The van der Waals surface area contributed by atoms with Crippen LogP contribution >= 0.6 is 0 Å². The van der Waals surface area contributed by atoms with Gasteiger partial charge in [-0.3, -0.25) is 10.1 Å². The number of alkyl halides is 3. The van der Waals surface area contributed by atoms with E-state index < -0.39 is 29.4 Å². The van der Waals surface area contributed by atoms with Crippen LogP contribution in [0.1, 0.15) is 25.5 Å². The lowest BCUT2D eigenvalue weighted by molar-refractivity contribution is -0.384. The molecule has 5 nitrogen and oxygen atoms in total. The fraction of sp³-hybridized carbons (Fsp3) is 0.500. The van der Waals surface area contributed by atoms with Crippen molar-refractivity contribution in [3.63, 3.8) is 0 Å². The van der Waals surface area contributed by atoms with Gasteiger partial charge >= 0.3 is 6.18 Å². The summed E-state index contributed by atoms with van der Waals surface area (Å²) in [7, 11) is 0. The van der Waals surface area contributed by atoms with E-state index in [2.05, 4.69) is 0 Å². The van der Waals surface area contributed by atoms with E-state index in [-0.39, 0.29) is 17.8 Å². The summed E-state index contributed by atoms with van der Waals surface area (Å²) in [5, 5.41) is 20.4. The minimum atomic E-state index is -4.45. The molecule has 0 amide bonds. The van der Waals surface area contributed by atoms with Crippen LogP contribution in [-0.2, 0) is 0 Å². The maximum Gasteiger partial charge on any atom is 0.405 e. The van der Waals surface area contributed by atoms with Gasteiger partial charge in [-0.05, 0) is 25.5 Å². The molecular formula is C12H15F3N2O3. The first-order valence-corrected chi connectivity index (χ1v) is 5.93. The number of nitro groups is 1. The topological polar surface area (TPSA) is 66.6 Å². The maximum absolute atomic E-state index is 12.5. The molecule has 1 aromatic rings. The van der Waals surface area contributed by atoms with E-state index in [1.807, 2.05) is 0 Å². The Bertz CT molecular complexity index is 489. The molecule has 0 saturated carbocycles. The number of rotatable bonds is 5. The lowest BCUT2D eigenvalue weighted by Gasteiger charge is -2.24. The predicted octanol–water partition coefficient (Wildman–Crippen LogP) is 3.04. The molecule has 0 unspecified atom stereocenters. The third-order valence-corrected chi connectivity index (χ3v) is 2.77. The Labute approximate surface area is 113 Å². The molecule has 0 radical (unpaired) electrons. The van der Waals surface area contributed by atoms with Gasteiger partial charge < -0.3 is 10.0 Å². The van der Waals surface area contributed by atoms with Crippen molar-refractivity contribution in [1.29, 1.82) is 0 Å². The normalized spacial score (nSPS) is 13.1. The average molecular weight is 292 g/mol. The minimum Gasteiger partial charge on any atom is -0.389 e. The Morgan fingerprint density at radius 1 is 1.45 bits per heavy atom. The maximum atomic E-state index is 12.5. The first-order valence-electron chi connectivity index (χ1n) is 5.93. The van der Waals surface area contributed by atoms with E-state index in [9.17, 15) is 28.4 Å². The van der Waals surface area contributed by atoms with Crippen LogP contribution in [0, 0.1) is 10.1 Å². The van der Waals surface area contributed by atoms with Crippen molar-refractivity contribution in [1.82, 2.24) is 0 Å². The smallest absolute Gasteiger partial charge is 0.389 e.